The smallest absolute Gasteiger partial charge is 0.318 e. The molecule has 132 valence electrons. The lowest BCUT2D eigenvalue weighted by molar-refractivity contribution is 0.0517. The van der Waals surface area contributed by atoms with Crippen LogP contribution in [0.25, 0.3) is 0 Å². The van der Waals surface area contributed by atoms with Crippen LogP contribution in [-0.2, 0) is 14.8 Å². The van der Waals surface area contributed by atoms with E-state index in [0.717, 1.165) is 0 Å². The largest absolute Gasteiger partial charge is 0.378 e. The summed E-state index contributed by atoms with van der Waals surface area (Å²) >= 11 is 5.82. The van der Waals surface area contributed by atoms with Gasteiger partial charge in [-0.05, 0) is 37.1 Å². The number of amides is 2. The summed E-state index contributed by atoms with van der Waals surface area (Å²) in [6.45, 7) is 2.43. The second-order valence-corrected chi connectivity index (χ2v) is 8.10. The number of benzene rings is 1. The van der Waals surface area contributed by atoms with Crippen LogP contribution in [0, 0.1) is 0 Å². The fourth-order valence-electron chi connectivity index (χ4n) is 2.91. The van der Waals surface area contributed by atoms with Crippen molar-refractivity contribution in [2.75, 3.05) is 32.8 Å². The molecule has 0 radical (unpaired) electrons. The van der Waals surface area contributed by atoms with E-state index in [9.17, 15) is 13.2 Å². The molecule has 0 aliphatic carbocycles. The molecule has 1 atom stereocenters. The van der Waals surface area contributed by atoms with Gasteiger partial charge in [0.05, 0.1) is 24.3 Å². The van der Waals surface area contributed by atoms with Crippen molar-refractivity contribution in [1.29, 1.82) is 0 Å². The van der Waals surface area contributed by atoms with Crippen molar-refractivity contribution < 1.29 is 17.9 Å². The van der Waals surface area contributed by atoms with Gasteiger partial charge in [0, 0.05) is 24.7 Å². The van der Waals surface area contributed by atoms with Gasteiger partial charge >= 0.3 is 6.03 Å². The third-order valence-corrected chi connectivity index (χ3v) is 6.39. The molecule has 1 aromatic rings. The molecule has 7 nitrogen and oxygen atoms in total. The zero-order valence-electron chi connectivity index (χ0n) is 13.2. The summed E-state index contributed by atoms with van der Waals surface area (Å²) in [5.74, 6) is 0. The summed E-state index contributed by atoms with van der Waals surface area (Å²) in [5.41, 5.74) is 0. The van der Waals surface area contributed by atoms with E-state index in [2.05, 4.69) is 5.32 Å². The molecule has 2 amide bonds. The minimum atomic E-state index is -3.66. The van der Waals surface area contributed by atoms with Crippen LogP contribution < -0.4 is 5.32 Å². The molecule has 3 rings (SSSR count). The van der Waals surface area contributed by atoms with Crippen LogP contribution in [0.4, 0.5) is 4.79 Å². The first-order chi connectivity index (χ1) is 11.5. The molecular weight excluding hydrogens is 354 g/mol. The predicted molar refractivity (Wildman–Crippen MR) is 89.3 cm³/mol. The van der Waals surface area contributed by atoms with Crippen molar-refractivity contribution in [2.24, 2.45) is 0 Å². The number of rotatable bonds is 3. The maximum Gasteiger partial charge on any atom is 0.318 e. The average molecular weight is 374 g/mol. The number of hydrogen-bond donors (Lipinski definition) is 1. The number of nitrogens with one attached hydrogen (secondary N) is 1. The molecule has 0 spiro atoms. The number of halogens is 1. The Morgan fingerprint density at radius 1 is 1.17 bits per heavy atom. The Balaban J connectivity index is 1.72. The summed E-state index contributed by atoms with van der Waals surface area (Å²) in [6, 6.07) is 5.81. The number of ether oxygens (including phenoxy) is 1. The van der Waals surface area contributed by atoms with Crippen molar-refractivity contribution in [2.45, 2.75) is 23.9 Å². The number of nitrogens with zero attached hydrogens (tertiary/aromatic N) is 2. The van der Waals surface area contributed by atoms with Gasteiger partial charge in [-0.3, -0.25) is 0 Å². The van der Waals surface area contributed by atoms with Crippen LogP contribution in [0.2, 0.25) is 5.02 Å². The van der Waals surface area contributed by atoms with Crippen molar-refractivity contribution in [3.05, 3.63) is 29.3 Å². The van der Waals surface area contributed by atoms with Crippen molar-refractivity contribution in [1.82, 2.24) is 14.5 Å². The van der Waals surface area contributed by atoms with E-state index in [4.69, 9.17) is 16.3 Å². The molecule has 1 aromatic carbocycles. The zero-order valence-corrected chi connectivity index (χ0v) is 14.7. The van der Waals surface area contributed by atoms with E-state index < -0.39 is 16.2 Å². The van der Waals surface area contributed by atoms with Gasteiger partial charge in [0.1, 0.15) is 0 Å². The first-order valence-electron chi connectivity index (χ1n) is 7.89. The van der Waals surface area contributed by atoms with Crippen LogP contribution in [0.15, 0.2) is 29.2 Å². The number of urea groups is 1. The maximum atomic E-state index is 12.8. The number of morpholine rings is 1. The van der Waals surface area contributed by atoms with E-state index in [1.54, 1.807) is 17.0 Å². The highest BCUT2D eigenvalue weighted by Gasteiger charge is 2.36. The topological polar surface area (TPSA) is 79.0 Å². The van der Waals surface area contributed by atoms with Gasteiger partial charge in [-0.25, -0.2) is 13.2 Å². The molecule has 1 N–H and O–H groups in total. The Kier molecular flexibility index (Phi) is 5.29. The highest BCUT2D eigenvalue weighted by Crippen LogP contribution is 2.25. The van der Waals surface area contributed by atoms with Crippen molar-refractivity contribution in [3.8, 4) is 0 Å². The van der Waals surface area contributed by atoms with E-state index in [-0.39, 0.29) is 10.9 Å². The highest BCUT2D eigenvalue weighted by atomic mass is 35.5. The van der Waals surface area contributed by atoms with Gasteiger partial charge < -0.3 is 15.0 Å². The van der Waals surface area contributed by atoms with Gasteiger partial charge in [0.15, 0.2) is 0 Å². The molecule has 9 heteroatoms. The molecule has 0 unspecified atom stereocenters. The van der Waals surface area contributed by atoms with Crippen LogP contribution in [0.3, 0.4) is 0 Å². The fraction of sp³-hybridized carbons (Fsp3) is 0.533. The summed E-state index contributed by atoms with van der Waals surface area (Å²) < 4.78 is 32.2. The summed E-state index contributed by atoms with van der Waals surface area (Å²) in [6.07, 6.45) is 0.782. The molecule has 2 aliphatic rings. The average Bonchev–Trinajstić information content (AvgIpc) is 3.05. The van der Waals surface area contributed by atoms with Gasteiger partial charge in [-0.2, -0.15) is 4.31 Å². The minimum absolute atomic E-state index is 0.180. The van der Waals surface area contributed by atoms with E-state index >= 15 is 0 Å². The maximum absolute atomic E-state index is 12.8. The second-order valence-electron chi connectivity index (χ2n) is 5.78. The Morgan fingerprint density at radius 2 is 1.83 bits per heavy atom. The first kappa shape index (κ1) is 17.5. The molecule has 2 heterocycles. The summed E-state index contributed by atoms with van der Waals surface area (Å²) in [7, 11) is -3.66. The van der Waals surface area contributed by atoms with Crippen LogP contribution in [-0.4, -0.2) is 62.7 Å². The van der Waals surface area contributed by atoms with Crippen molar-refractivity contribution in [3.63, 3.8) is 0 Å². The summed E-state index contributed by atoms with van der Waals surface area (Å²) in [5, 5.41) is 3.32. The third-order valence-electron chi connectivity index (χ3n) is 4.21. The molecule has 0 aromatic heterocycles. The normalized spacial score (nSPS) is 22.5. The molecule has 0 bridgehead atoms. The number of carbonyl (C=O) groups is 1. The Morgan fingerprint density at radius 3 is 2.50 bits per heavy atom. The molecule has 0 saturated carbocycles. The minimum Gasteiger partial charge on any atom is -0.378 e. The molecule has 2 saturated heterocycles. The van der Waals surface area contributed by atoms with E-state index in [1.165, 1.54) is 16.4 Å². The zero-order chi connectivity index (χ0) is 17.2. The molecular formula is C15H20ClN3O4S. The lowest BCUT2D eigenvalue weighted by Crippen LogP contribution is -2.53. The van der Waals surface area contributed by atoms with Gasteiger partial charge in [0.25, 0.3) is 0 Å². The molecule has 24 heavy (non-hydrogen) atoms. The first-order valence-corrected chi connectivity index (χ1v) is 9.71. The number of carbonyl (C=O) groups excluding carboxylic acids is 1. The third kappa shape index (κ3) is 3.66. The lowest BCUT2D eigenvalue weighted by atomic mass is 10.3. The molecule has 2 fully saturated rings. The van der Waals surface area contributed by atoms with E-state index in [1.807, 2.05) is 0 Å². The number of sulfonamides is 1. The molecule has 2 aliphatic heterocycles. The van der Waals surface area contributed by atoms with Gasteiger partial charge in [0.2, 0.25) is 10.0 Å². The number of hydrogen-bond acceptors (Lipinski definition) is 4. The van der Waals surface area contributed by atoms with Crippen molar-refractivity contribution >= 4 is 27.7 Å². The van der Waals surface area contributed by atoms with Gasteiger partial charge in [-0.1, -0.05) is 11.6 Å². The monoisotopic (exact) mass is 373 g/mol. The summed E-state index contributed by atoms with van der Waals surface area (Å²) in [4.78, 5) is 14.2. The Hall–Kier alpha value is -1.35. The predicted octanol–water partition coefficient (Wildman–Crippen LogP) is 1.49. The van der Waals surface area contributed by atoms with Crippen LogP contribution >= 0.6 is 11.6 Å². The standard InChI is InChI=1S/C15H20ClN3O4S/c16-12-3-5-13(6-4-12)24(21,22)19-7-1-2-14(19)17-15(20)18-8-10-23-11-9-18/h3-6,14H,1-2,7-11H2,(H,17,20)/t14-/m0/s1. The van der Waals surface area contributed by atoms with Crippen LogP contribution in [0.1, 0.15) is 12.8 Å². The highest BCUT2D eigenvalue weighted by molar-refractivity contribution is 7.89. The van der Waals surface area contributed by atoms with Crippen LogP contribution in [0.5, 0.6) is 0 Å². The fourth-order valence-corrected chi connectivity index (χ4v) is 4.65. The second kappa shape index (κ2) is 7.26. The quantitative estimate of drug-likeness (QED) is 0.870. The van der Waals surface area contributed by atoms with Gasteiger partial charge in [-0.15, -0.1) is 0 Å². The Bertz CT molecular complexity index is 689. The lowest BCUT2D eigenvalue weighted by Gasteiger charge is -2.31. The Labute approximate surface area is 146 Å². The van der Waals surface area contributed by atoms with E-state index in [0.29, 0.717) is 50.7 Å². The SMILES string of the molecule is O=C(N[C@@H]1CCCN1S(=O)(=O)c1ccc(Cl)cc1)N1CCOCC1.